The first kappa shape index (κ1) is 21.5. The fourth-order valence-corrected chi connectivity index (χ4v) is 5.03. The number of rotatable bonds is 12. The maximum absolute atomic E-state index is 12.3. The van der Waals surface area contributed by atoms with Gasteiger partial charge < -0.3 is 18.0 Å². The van der Waals surface area contributed by atoms with Gasteiger partial charge in [0.05, 0.1) is 0 Å². The molecule has 0 saturated heterocycles. The highest BCUT2D eigenvalue weighted by molar-refractivity contribution is 6.60. The summed E-state index contributed by atoms with van der Waals surface area (Å²) in [4.78, 5) is 38.0. The zero-order chi connectivity index (χ0) is 18.9. The van der Waals surface area contributed by atoms with Crippen LogP contribution in [0.15, 0.2) is 14.4 Å². The lowest BCUT2D eigenvalue weighted by atomic mass is 10.5. The molecule has 0 spiro atoms. The standard InChI is InChI=1S/C14H27N3O7Si/c1-5-22-25(23-6-2,24-7-3)10-8-9-16-12(18)15-13(19)17(11-21-4)14(16)20/h5-11H2,1-4H3,(H,15,18,19). The summed E-state index contributed by atoms with van der Waals surface area (Å²) in [5, 5.41) is 0. The number of hydrogen-bond acceptors (Lipinski definition) is 7. The summed E-state index contributed by atoms with van der Waals surface area (Å²) in [6.07, 6.45) is 0.431. The molecular formula is C14H27N3O7Si. The van der Waals surface area contributed by atoms with E-state index < -0.39 is 25.9 Å². The van der Waals surface area contributed by atoms with Gasteiger partial charge >= 0.3 is 25.9 Å². The molecule has 25 heavy (non-hydrogen) atoms. The third kappa shape index (κ3) is 5.75. The predicted molar refractivity (Wildman–Crippen MR) is 92.6 cm³/mol. The maximum Gasteiger partial charge on any atom is 0.500 e. The molecule has 0 unspecified atom stereocenters. The van der Waals surface area contributed by atoms with Crippen molar-refractivity contribution >= 4 is 8.80 Å². The highest BCUT2D eigenvalue weighted by Gasteiger charge is 2.39. The molecule has 1 N–H and O–H groups in total. The Kier molecular flexibility index (Phi) is 9.00. The zero-order valence-corrected chi connectivity index (χ0v) is 16.2. The summed E-state index contributed by atoms with van der Waals surface area (Å²) in [6, 6.07) is 0.456. The first-order valence-corrected chi connectivity index (χ1v) is 10.2. The Balaban J connectivity index is 2.96. The third-order valence-electron chi connectivity index (χ3n) is 3.38. The number of H-pyrrole nitrogens is 1. The van der Waals surface area contributed by atoms with Crippen LogP contribution in [0.2, 0.25) is 6.04 Å². The molecule has 0 aromatic carbocycles. The highest BCUT2D eigenvalue weighted by Crippen LogP contribution is 2.18. The lowest BCUT2D eigenvalue weighted by Crippen LogP contribution is -2.50. The van der Waals surface area contributed by atoms with Crippen LogP contribution in [0.1, 0.15) is 27.2 Å². The van der Waals surface area contributed by atoms with Crippen LogP contribution in [0.5, 0.6) is 0 Å². The van der Waals surface area contributed by atoms with Gasteiger partial charge in [-0.3, -0.25) is 4.98 Å². The molecule has 0 aliphatic rings. The van der Waals surface area contributed by atoms with Gasteiger partial charge in [0.1, 0.15) is 6.73 Å². The fraction of sp³-hybridized carbons (Fsp3) is 0.786. The van der Waals surface area contributed by atoms with E-state index in [1.165, 1.54) is 7.11 Å². The Hall–Kier alpha value is -1.53. The summed E-state index contributed by atoms with van der Waals surface area (Å²) in [6.45, 7) is 6.80. The SMILES string of the molecule is CCO[Si](CCCn1c(=O)[nH]c(=O)n(COC)c1=O)(OCC)OCC. The van der Waals surface area contributed by atoms with Crippen molar-refractivity contribution in [2.75, 3.05) is 26.9 Å². The number of nitrogens with zero attached hydrogens (tertiary/aromatic N) is 2. The highest BCUT2D eigenvalue weighted by atomic mass is 28.4. The molecule has 0 aliphatic carbocycles. The van der Waals surface area contributed by atoms with Gasteiger partial charge in [-0.1, -0.05) is 0 Å². The summed E-state index contributed by atoms with van der Waals surface area (Å²) >= 11 is 0. The van der Waals surface area contributed by atoms with Gasteiger partial charge in [-0.2, -0.15) is 0 Å². The molecule has 1 heterocycles. The second-order valence-electron chi connectivity index (χ2n) is 5.10. The number of hydrogen-bond donors (Lipinski definition) is 1. The molecule has 10 nitrogen and oxygen atoms in total. The fourth-order valence-electron chi connectivity index (χ4n) is 2.44. The van der Waals surface area contributed by atoms with Gasteiger partial charge in [0.15, 0.2) is 0 Å². The first-order chi connectivity index (χ1) is 11.9. The molecule has 1 rings (SSSR count). The van der Waals surface area contributed by atoms with Gasteiger partial charge in [-0.25, -0.2) is 23.5 Å². The van der Waals surface area contributed by atoms with Crippen LogP contribution in [-0.4, -0.2) is 49.9 Å². The van der Waals surface area contributed by atoms with Crippen LogP contribution in [0.3, 0.4) is 0 Å². The second-order valence-corrected chi connectivity index (χ2v) is 7.83. The molecule has 0 radical (unpaired) electrons. The summed E-state index contributed by atoms with van der Waals surface area (Å²) in [7, 11) is -1.49. The molecule has 0 atom stereocenters. The summed E-state index contributed by atoms with van der Waals surface area (Å²) in [5.41, 5.74) is -2.26. The first-order valence-electron chi connectivity index (χ1n) is 8.29. The Morgan fingerprint density at radius 1 is 0.920 bits per heavy atom. The average molecular weight is 377 g/mol. The topological polar surface area (TPSA) is 114 Å². The molecule has 0 fully saturated rings. The van der Waals surface area contributed by atoms with Crippen LogP contribution in [-0.2, 0) is 31.3 Å². The van der Waals surface area contributed by atoms with E-state index in [1.807, 2.05) is 20.8 Å². The number of methoxy groups -OCH3 is 1. The molecule has 0 amide bonds. The lowest BCUT2D eigenvalue weighted by molar-refractivity contribution is 0.0704. The number of aromatic amines is 1. The number of ether oxygens (including phenoxy) is 1. The third-order valence-corrected chi connectivity index (χ3v) is 6.53. The minimum atomic E-state index is -2.84. The Bertz CT molecular complexity index is 680. The predicted octanol–water partition coefficient (Wildman–Crippen LogP) is -0.259. The van der Waals surface area contributed by atoms with Crippen molar-refractivity contribution < 1.29 is 18.0 Å². The average Bonchev–Trinajstić information content (AvgIpc) is 2.55. The molecule has 11 heteroatoms. The van der Waals surface area contributed by atoms with E-state index in [-0.39, 0.29) is 13.3 Å². The van der Waals surface area contributed by atoms with Crippen LogP contribution in [0.25, 0.3) is 0 Å². The zero-order valence-electron chi connectivity index (χ0n) is 15.2. The molecule has 0 saturated carbocycles. The Morgan fingerprint density at radius 2 is 1.44 bits per heavy atom. The number of nitrogens with one attached hydrogen (secondary N) is 1. The van der Waals surface area contributed by atoms with E-state index in [1.54, 1.807) is 0 Å². The molecule has 1 aromatic heterocycles. The summed E-state index contributed by atoms with van der Waals surface area (Å²) in [5.74, 6) is 0. The van der Waals surface area contributed by atoms with E-state index in [0.717, 1.165) is 9.13 Å². The lowest BCUT2D eigenvalue weighted by Gasteiger charge is -2.28. The van der Waals surface area contributed by atoms with Gasteiger partial charge in [0.25, 0.3) is 0 Å². The maximum atomic E-state index is 12.3. The van der Waals surface area contributed by atoms with Crippen molar-refractivity contribution in [2.24, 2.45) is 0 Å². The molecule has 1 aromatic rings. The van der Waals surface area contributed by atoms with Crippen molar-refractivity contribution in [2.45, 2.75) is 46.5 Å². The van der Waals surface area contributed by atoms with Crippen molar-refractivity contribution in [1.29, 1.82) is 0 Å². The van der Waals surface area contributed by atoms with E-state index in [2.05, 4.69) is 4.98 Å². The smallest absolute Gasteiger partial charge is 0.374 e. The van der Waals surface area contributed by atoms with Crippen LogP contribution >= 0.6 is 0 Å². The van der Waals surface area contributed by atoms with Crippen molar-refractivity contribution in [3.63, 3.8) is 0 Å². The van der Waals surface area contributed by atoms with E-state index in [4.69, 9.17) is 18.0 Å². The monoisotopic (exact) mass is 377 g/mol. The minimum absolute atomic E-state index is 0.111. The summed E-state index contributed by atoms with van der Waals surface area (Å²) < 4.78 is 23.8. The van der Waals surface area contributed by atoms with Gasteiger partial charge in [-0.15, -0.1) is 0 Å². The molecule has 0 bridgehead atoms. The normalized spacial score (nSPS) is 11.8. The van der Waals surface area contributed by atoms with E-state index >= 15 is 0 Å². The van der Waals surface area contributed by atoms with Crippen LogP contribution in [0, 0.1) is 0 Å². The Labute approximate surface area is 146 Å². The van der Waals surface area contributed by atoms with Crippen molar-refractivity contribution in [3.05, 3.63) is 31.5 Å². The van der Waals surface area contributed by atoms with E-state index in [9.17, 15) is 14.4 Å². The quantitative estimate of drug-likeness (QED) is 0.499. The largest absolute Gasteiger partial charge is 0.500 e. The van der Waals surface area contributed by atoms with Crippen molar-refractivity contribution in [3.8, 4) is 0 Å². The van der Waals surface area contributed by atoms with Crippen LogP contribution in [0.4, 0.5) is 0 Å². The second kappa shape index (κ2) is 10.5. The number of aromatic nitrogens is 3. The molecule has 144 valence electrons. The van der Waals surface area contributed by atoms with Crippen LogP contribution < -0.4 is 17.1 Å². The molecular weight excluding hydrogens is 350 g/mol. The minimum Gasteiger partial charge on any atom is -0.374 e. The van der Waals surface area contributed by atoms with Gasteiger partial charge in [0, 0.05) is 39.5 Å². The molecule has 0 aliphatic heterocycles. The Morgan fingerprint density at radius 3 is 1.92 bits per heavy atom. The van der Waals surface area contributed by atoms with Crippen molar-refractivity contribution in [1.82, 2.24) is 14.1 Å². The van der Waals surface area contributed by atoms with Gasteiger partial charge in [-0.05, 0) is 27.2 Å². The van der Waals surface area contributed by atoms with Gasteiger partial charge in [0.2, 0.25) is 0 Å². The van der Waals surface area contributed by atoms with E-state index in [0.29, 0.717) is 32.3 Å².